The second kappa shape index (κ2) is 8.00. The van der Waals surface area contributed by atoms with Crippen LogP contribution in [0.25, 0.3) is 0 Å². The number of halogens is 3. The minimum absolute atomic E-state index is 0.0575. The van der Waals surface area contributed by atoms with E-state index in [-0.39, 0.29) is 12.3 Å². The van der Waals surface area contributed by atoms with Crippen molar-refractivity contribution >= 4 is 11.9 Å². The molecular formula is C14H20F3N3O3. The third-order valence-electron chi connectivity index (χ3n) is 3.22. The fourth-order valence-corrected chi connectivity index (χ4v) is 2.09. The lowest BCUT2D eigenvalue weighted by Gasteiger charge is -2.22. The first kappa shape index (κ1) is 19.0. The number of primary amides is 1. The molecule has 1 atom stereocenters. The summed E-state index contributed by atoms with van der Waals surface area (Å²) in [5, 5.41) is 2.37. The Balaban J connectivity index is 3.08. The average Bonchev–Trinajstić information content (AvgIpc) is 2.58. The van der Waals surface area contributed by atoms with E-state index in [0.29, 0.717) is 23.5 Å². The number of hydrogen-bond donors (Lipinski definition) is 2. The van der Waals surface area contributed by atoms with Gasteiger partial charge in [0.1, 0.15) is 12.5 Å². The molecule has 0 aromatic heterocycles. The maximum atomic E-state index is 12.5. The van der Waals surface area contributed by atoms with Crippen LogP contribution in [0.3, 0.4) is 0 Å². The Morgan fingerprint density at radius 3 is 2.57 bits per heavy atom. The molecule has 1 rings (SSSR count). The zero-order valence-electron chi connectivity index (χ0n) is 12.9. The molecule has 3 amide bonds. The molecule has 0 fully saturated rings. The Hall–Kier alpha value is -2.03. The number of alkyl halides is 3. The van der Waals surface area contributed by atoms with Gasteiger partial charge in [-0.3, -0.25) is 9.69 Å². The summed E-state index contributed by atoms with van der Waals surface area (Å²) in [4.78, 5) is 24.1. The Morgan fingerprint density at radius 2 is 2.09 bits per heavy atom. The molecule has 0 unspecified atom stereocenters. The summed E-state index contributed by atoms with van der Waals surface area (Å²) in [7, 11) is 0. The molecule has 1 aliphatic heterocycles. The fraction of sp³-hybridized carbons (Fsp3) is 0.571. The van der Waals surface area contributed by atoms with E-state index in [1.54, 1.807) is 13.8 Å². The predicted molar refractivity (Wildman–Crippen MR) is 76.9 cm³/mol. The van der Waals surface area contributed by atoms with Crippen LogP contribution in [-0.2, 0) is 9.53 Å². The number of hydrogen-bond acceptors (Lipinski definition) is 3. The van der Waals surface area contributed by atoms with Crippen molar-refractivity contribution in [2.75, 3.05) is 19.8 Å². The van der Waals surface area contributed by atoms with Gasteiger partial charge in [-0.25, -0.2) is 4.79 Å². The molecule has 0 aliphatic carbocycles. The number of carbonyl (C=O) groups is 2. The quantitative estimate of drug-likeness (QED) is 0.745. The lowest BCUT2D eigenvalue weighted by atomic mass is 9.99. The van der Waals surface area contributed by atoms with E-state index in [4.69, 9.17) is 10.5 Å². The van der Waals surface area contributed by atoms with E-state index >= 15 is 0 Å². The first-order chi connectivity index (χ1) is 10.7. The van der Waals surface area contributed by atoms with Gasteiger partial charge in [0, 0.05) is 18.5 Å². The number of rotatable bonds is 7. The first-order valence-corrected chi connectivity index (χ1v) is 7.12. The van der Waals surface area contributed by atoms with Crippen molar-refractivity contribution in [2.45, 2.75) is 26.4 Å². The smallest absolute Gasteiger partial charge is 0.381 e. The minimum Gasteiger partial charge on any atom is -0.381 e. The predicted octanol–water partition coefficient (Wildman–Crippen LogP) is 1.89. The van der Waals surface area contributed by atoms with Gasteiger partial charge < -0.3 is 15.8 Å². The van der Waals surface area contributed by atoms with Crippen LogP contribution >= 0.6 is 0 Å². The van der Waals surface area contributed by atoms with Crippen LogP contribution in [-0.4, -0.2) is 42.8 Å². The van der Waals surface area contributed by atoms with Gasteiger partial charge in [0.05, 0.1) is 6.61 Å². The molecular weight excluding hydrogens is 315 g/mol. The summed E-state index contributed by atoms with van der Waals surface area (Å²) in [6, 6.07) is -0.972. The number of nitrogens with two attached hydrogens (primary N) is 1. The highest BCUT2D eigenvalue weighted by atomic mass is 19.4. The SMILES string of the molecule is CCOC[C@@H](C(N)=O)C1=C(CC)C=CN(CC(F)(F)F)C(=O)N1. The number of ether oxygens (including phenoxy) is 1. The molecule has 0 radical (unpaired) electrons. The zero-order chi connectivity index (χ0) is 17.6. The molecule has 130 valence electrons. The first-order valence-electron chi connectivity index (χ1n) is 7.12. The summed E-state index contributed by atoms with van der Waals surface area (Å²) in [5.74, 6) is -1.67. The molecule has 1 aliphatic rings. The van der Waals surface area contributed by atoms with Crippen molar-refractivity contribution in [3.05, 3.63) is 23.5 Å². The topological polar surface area (TPSA) is 84.7 Å². The maximum Gasteiger partial charge on any atom is 0.406 e. The number of nitrogens with zero attached hydrogens (tertiary/aromatic N) is 1. The van der Waals surface area contributed by atoms with Crippen LogP contribution in [0.15, 0.2) is 23.5 Å². The van der Waals surface area contributed by atoms with E-state index in [0.717, 1.165) is 6.20 Å². The standard InChI is InChI=1S/C14H20F3N3O3/c1-3-9-5-6-20(8-14(15,16)17)13(22)19-11(9)10(12(18)21)7-23-4-2/h5-6,10H,3-4,7-8H2,1-2H3,(H2,18,21)(H,19,22)/t10-/m1/s1. The van der Waals surface area contributed by atoms with Crippen molar-refractivity contribution in [1.82, 2.24) is 10.2 Å². The Labute approximate surface area is 132 Å². The number of carbonyl (C=O) groups excluding carboxylic acids is 2. The summed E-state index contributed by atoms with van der Waals surface area (Å²) in [6.07, 6.45) is -1.71. The van der Waals surface area contributed by atoms with Crippen molar-refractivity contribution in [3.8, 4) is 0 Å². The van der Waals surface area contributed by atoms with Gasteiger partial charge in [-0.1, -0.05) is 6.92 Å². The van der Waals surface area contributed by atoms with Crippen LogP contribution in [0.2, 0.25) is 0 Å². The third-order valence-corrected chi connectivity index (χ3v) is 3.22. The number of nitrogens with one attached hydrogen (secondary N) is 1. The molecule has 6 nitrogen and oxygen atoms in total. The number of allylic oxidation sites excluding steroid dienone is 2. The average molecular weight is 335 g/mol. The molecule has 9 heteroatoms. The normalized spacial score (nSPS) is 17.1. The Kier molecular flexibility index (Phi) is 6.62. The van der Waals surface area contributed by atoms with Gasteiger partial charge in [-0.2, -0.15) is 13.2 Å². The van der Waals surface area contributed by atoms with Crippen LogP contribution in [0, 0.1) is 5.92 Å². The van der Waals surface area contributed by atoms with E-state index < -0.39 is 30.6 Å². The lowest BCUT2D eigenvalue weighted by Crippen LogP contribution is -2.43. The van der Waals surface area contributed by atoms with E-state index in [9.17, 15) is 22.8 Å². The zero-order valence-corrected chi connectivity index (χ0v) is 12.9. The summed E-state index contributed by atoms with van der Waals surface area (Å²) in [6.45, 7) is 2.33. The van der Waals surface area contributed by atoms with Crippen molar-refractivity contribution < 1.29 is 27.5 Å². The molecule has 0 saturated heterocycles. The minimum atomic E-state index is -4.53. The molecule has 1 heterocycles. The summed E-state index contributed by atoms with van der Waals surface area (Å²) in [5.41, 5.74) is 6.04. The van der Waals surface area contributed by atoms with E-state index in [1.807, 2.05) is 0 Å². The molecule has 0 saturated carbocycles. The van der Waals surface area contributed by atoms with Crippen LogP contribution < -0.4 is 11.1 Å². The highest BCUT2D eigenvalue weighted by Gasteiger charge is 2.34. The van der Waals surface area contributed by atoms with Gasteiger partial charge in [0.15, 0.2) is 0 Å². The second-order valence-corrected chi connectivity index (χ2v) is 4.90. The number of amides is 3. The van der Waals surface area contributed by atoms with Crippen molar-refractivity contribution in [2.24, 2.45) is 11.7 Å². The van der Waals surface area contributed by atoms with Gasteiger partial charge in [0.2, 0.25) is 5.91 Å². The molecule has 3 N–H and O–H groups in total. The highest BCUT2D eigenvalue weighted by Crippen LogP contribution is 2.23. The number of urea groups is 1. The summed E-state index contributed by atoms with van der Waals surface area (Å²) < 4.78 is 42.7. The van der Waals surface area contributed by atoms with Crippen molar-refractivity contribution in [1.29, 1.82) is 0 Å². The van der Waals surface area contributed by atoms with Gasteiger partial charge in [0.25, 0.3) is 0 Å². The third kappa shape index (κ3) is 5.59. The van der Waals surface area contributed by atoms with Gasteiger partial charge >= 0.3 is 12.2 Å². The summed E-state index contributed by atoms with van der Waals surface area (Å²) >= 11 is 0. The van der Waals surface area contributed by atoms with E-state index in [1.165, 1.54) is 6.08 Å². The van der Waals surface area contributed by atoms with Crippen LogP contribution in [0.4, 0.5) is 18.0 Å². The maximum absolute atomic E-state index is 12.5. The van der Waals surface area contributed by atoms with E-state index in [2.05, 4.69) is 5.32 Å². The van der Waals surface area contributed by atoms with Crippen molar-refractivity contribution in [3.63, 3.8) is 0 Å². The molecule has 0 spiro atoms. The lowest BCUT2D eigenvalue weighted by molar-refractivity contribution is -0.135. The Bertz CT molecular complexity index is 515. The van der Waals surface area contributed by atoms with Crippen LogP contribution in [0.1, 0.15) is 20.3 Å². The molecule has 0 aromatic carbocycles. The largest absolute Gasteiger partial charge is 0.406 e. The van der Waals surface area contributed by atoms with Crippen LogP contribution in [0.5, 0.6) is 0 Å². The molecule has 0 bridgehead atoms. The van der Waals surface area contributed by atoms with Gasteiger partial charge in [-0.05, 0) is 25.0 Å². The fourth-order valence-electron chi connectivity index (χ4n) is 2.09. The molecule has 0 aromatic rings. The highest BCUT2D eigenvalue weighted by molar-refractivity contribution is 5.84. The molecule has 23 heavy (non-hydrogen) atoms. The Morgan fingerprint density at radius 1 is 1.43 bits per heavy atom. The monoisotopic (exact) mass is 335 g/mol. The van der Waals surface area contributed by atoms with Gasteiger partial charge in [-0.15, -0.1) is 0 Å². The second-order valence-electron chi connectivity index (χ2n) is 4.90.